The molecule has 0 radical (unpaired) electrons. The van der Waals surface area contributed by atoms with E-state index >= 15 is 0 Å². The van der Waals surface area contributed by atoms with Gasteiger partial charge in [0.1, 0.15) is 0 Å². The van der Waals surface area contributed by atoms with Crippen molar-refractivity contribution in [3.63, 3.8) is 0 Å². The highest BCUT2D eigenvalue weighted by Gasteiger charge is 2.16. The second kappa shape index (κ2) is 7.84. The van der Waals surface area contributed by atoms with Gasteiger partial charge in [0.25, 0.3) is 5.91 Å². The van der Waals surface area contributed by atoms with Crippen LogP contribution in [0.2, 0.25) is 5.02 Å². The zero-order chi connectivity index (χ0) is 17.7. The van der Waals surface area contributed by atoms with Crippen molar-refractivity contribution in [1.82, 2.24) is 4.90 Å². The minimum absolute atomic E-state index is 0.264. The van der Waals surface area contributed by atoms with Crippen LogP contribution in [0.25, 0.3) is 0 Å². The minimum Gasteiger partial charge on any atom is -0.452 e. The SMILES string of the molecule is Cc1cccc(C(=O)OCC(=O)N(C)Cc2cccc(Cl)c2)c1N. The Balaban J connectivity index is 1.92. The van der Waals surface area contributed by atoms with E-state index in [-0.39, 0.29) is 18.1 Å². The van der Waals surface area contributed by atoms with Crippen LogP contribution in [0.15, 0.2) is 42.5 Å². The average Bonchev–Trinajstić information content (AvgIpc) is 2.54. The van der Waals surface area contributed by atoms with E-state index < -0.39 is 5.97 Å². The number of para-hydroxylation sites is 1. The fourth-order valence-corrected chi connectivity index (χ4v) is 2.38. The van der Waals surface area contributed by atoms with E-state index in [1.54, 1.807) is 44.3 Å². The Kier molecular flexibility index (Phi) is 5.82. The lowest BCUT2D eigenvalue weighted by Gasteiger charge is -2.17. The summed E-state index contributed by atoms with van der Waals surface area (Å²) in [5.41, 5.74) is 8.17. The first-order chi connectivity index (χ1) is 11.4. The summed E-state index contributed by atoms with van der Waals surface area (Å²) >= 11 is 5.92. The quantitative estimate of drug-likeness (QED) is 0.667. The number of carbonyl (C=O) groups excluding carboxylic acids is 2. The van der Waals surface area contributed by atoms with Gasteiger partial charge in [-0.25, -0.2) is 4.79 Å². The topological polar surface area (TPSA) is 72.6 Å². The van der Waals surface area contributed by atoms with Crippen LogP contribution >= 0.6 is 11.6 Å². The number of likely N-dealkylation sites (N-methyl/N-ethyl adjacent to an activating group) is 1. The van der Waals surface area contributed by atoms with Crippen molar-refractivity contribution < 1.29 is 14.3 Å². The average molecular weight is 347 g/mol. The van der Waals surface area contributed by atoms with Crippen molar-refractivity contribution in [3.05, 3.63) is 64.2 Å². The van der Waals surface area contributed by atoms with E-state index in [1.807, 2.05) is 12.1 Å². The summed E-state index contributed by atoms with van der Waals surface area (Å²) in [5.74, 6) is -0.921. The maximum atomic E-state index is 12.1. The molecule has 0 atom stereocenters. The van der Waals surface area contributed by atoms with Crippen LogP contribution in [0.3, 0.4) is 0 Å². The first-order valence-electron chi connectivity index (χ1n) is 7.39. The van der Waals surface area contributed by atoms with Gasteiger partial charge in [-0.1, -0.05) is 35.9 Å². The number of anilines is 1. The number of carbonyl (C=O) groups is 2. The summed E-state index contributed by atoms with van der Waals surface area (Å²) in [6, 6.07) is 12.3. The van der Waals surface area contributed by atoms with E-state index in [1.165, 1.54) is 4.90 Å². The third-order valence-electron chi connectivity index (χ3n) is 3.61. The molecule has 2 N–H and O–H groups in total. The van der Waals surface area contributed by atoms with Crippen LogP contribution in [0, 0.1) is 6.92 Å². The summed E-state index contributed by atoms with van der Waals surface area (Å²) in [7, 11) is 1.64. The van der Waals surface area contributed by atoms with Gasteiger partial charge in [0.2, 0.25) is 0 Å². The number of nitrogens with two attached hydrogens (primary N) is 1. The van der Waals surface area contributed by atoms with Gasteiger partial charge in [0.05, 0.1) is 5.56 Å². The van der Waals surface area contributed by atoms with Gasteiger partial charge in [0.15, 0.2) is 6.61 Å². The molecule has 1 amide bonds. The number of aryl methyl sites for hydroxylation is 1. The fourth-order valence-electron chi connectivity index (χ4n) is 2.17. The van der Waals surface area contributed by atoms with Crippen molar-refractivity contribution >= 4 is 29.2 Å². The highest BCUT2D eigenvalue weighted by atomic mass is 35.5. The monoisotopic (exact) mass is 346 g/mol. The Morgan fingerprint density at radius 2 is 1.92 bits per heavy atom. The van der Waals surface area contributed by atoms with Gasteiger partial charge < -0.3 is 15.4 Å². The number of nitrogens with zero attached hydrogens (tertiary/aromatic N) is 1. The summed E-state index contributed by atoms with van der Waals surface area (Å²) in [4.78, 5) is 25.6. The second-order valence-electron chi connectivity index (χ2n) is 5.49. The molecule has 0 saturated carbocycles. The van der Waals surface area contributed by atoms with E-state index in [2.05, 4.69) is 0 Å². The molecule has 0 bridgehead atoms. The van der Waals surface area contributed by atoms with Gasteiger partial charge >= 0.3 is 5.97 Å². The standard InChI is InChI=1S/C18H19ClN2O3/c1-12-5-3-8-15(17(12)20)18(23)24-11-16(22)21(2)10-13-6-4-7-14(19)9-13/h3-9H,10-11,20H2,1-2H3. The predicted octanol–water partition coefficient (Wildman–Crippen LogP) is 3.05. The van der Waals surface area contributed by atoms with Crippen molar-refractivity contribution in [3.8, 4) is 0 Å². The molecule has 2 aromatic carbocycles. The van der Waals surface area contributed by atoms with Gasteiger partial charge in [-0.15, -0.1) is 0 Å². The number of benzene rings is 2. The molecule has 0 aromatic heterocycles. The van der Waals surface area contributed by atoms with Crippen molar-refractivity contribution in [1.29, 1.82) is 0 Å². The highest BCUT2D eigenvalue weighted by Crippen LogP contribution is 2.17. The number of nitrogen functional groups attached to an aromatic ring is 1. The lowest BCUT2D eigenvalue weighted by molar-refractivity contribution is -0.133. The maximum absolute atomic E-state index is 12.1. The molecule has 0 fully saturated rings. The van der Waals surface area contributed by atoms with Gasteiger partial charge in [-0.2, -0.15) is 0 Å². The first kappa shape index (κ1) is 17.8. The molecular formula is C18H19ClN2O3. The summed E-state index contributed by atoms with van der Waals surface area (Å²) < 4.78 is 5.07. The second-order valence-corrected chi connectivity index (χ2v) is 5.93. The molecule has 0 heterocycles. The predicted molar refractivity (Wildman–Crippen MR) is 93.8 cm³/mol. The number of esters is 1. The number of hydrogen-bond acceptors (Lipinski definition) is 4. The summed E-state index contributed by atoms with van der Waals surface area (Å²) in [6.07, 6.45) is 0. The van der Waals surface area contributed by atoms with Crippen molar-refractivity contribution in [2.45, 2.75) is 13.5 Å². The summed E-state index contributed by atoms with van der Waals surface area (Å²) in [6.45, 7) is 1.84. The van der Waals surface area contributed by atoms with Crippen LogP contribution in [-0.2, 0) is 16.1 Å². The number of rotatable bonds is 5. The Morgan fingerprint density at radius 1 is 1.21 bits per heavy atom. The van der Waals surface area contributed by atoms with Crippen LogP contribution in [0.4, 0.5) is 5.69 Å². The third-order valence-corrected chi connectivity index (χ3v) is 3.84. The van der Waals surface area contributed by atoms with Crippen molar-refractivity contribution in [2.24, 2.45) is 0 Å². The van der Waals surface area contributed by atoms with Gasteiger partial charge in [0, 0.05) is 24.3 Å². The molecule has 0 saturated heterocycles. The molecular weight excluding hydrogens is 328 g/mol. The van der Waals surface area contributed by atoms with E-state index in [0.29, 0.717) is 17.3 Å². The van der Waals surface area contributed by atoms with Crippen molar-refractivity contribution in [2.75, 3.05) is 19.4 Å². The Morgan fingerprint density at radius 3 is 2.62 bits per heavy atom. The molecule has 24 heavy (non-hydrogen) atoms. The smallest absolute Gasteiger partial charge is 0.340 e. The van der Waals surface area contributed by atoms with E-state index in [0.717, 1.165) is 11.1 Å². The van der Waals surface area contributed by atoms with Crippen LogP contribution in [0.1, 0.15) is 21.5 Å². The number of amides is 1. The van der Waals surface area contributed by atoms with Gasteiger partial charge in [-0.05, 0) is 36.2 Å². The molecule has 2 aromatic rings. The lowest BCUT2D eigenvalue weighted by atomic mass is 10.1. The van der Waals surface area contributed by atoms with Crippen LogP contribution in [0.5, 0.6) is 0 Å². The largest absolute Gasteiger partial charge is 0.452 e. The number of halogens is 1. The zero-order valence-corrected chi connectivity index (χ0v) is 14.3. The molecule has 0 aliphatic carbocycles. The Bertz CT molecular complexity index is 762. The summed E-state index contributed by atoms with van der Waals surface area (Å²) in [5, 5.41) is 0.606. The maximum Gasteiger partial charge on any atom is 0.340 e. The minimum atomic E-state index is -0.610. The molecule has 0 aliphatic rings. The number of hydrogen-bond donors (Lipinski definition) is 1. The molecule has 5 nitrogen and oxygen atoms in total. The lowest BCUT2D eigenvalue weighted by Crippen LogP contribution is -2.31. The fraction of sp³-hybridized carbons (Fsp3) is 0.222. The first-order valence-corrected chi connectivity index (χ1v) is 7.77. The Labute approximate surface area is 146 Å². The molecule has 0 aliphatic heterocycles. The molecule has 0 spiro atoms. The number of ether oxygens (including phenoxy) is 1. The third kappa shape index (κ3) is 4.49. The molecule has 6 heteroatoms. The highest BCUT2D eigenvalue weighted by molar-refractivity contribution is 6.30. The molecule has 126 valence electrons. The van der Waals surface area contributed by atoms with E-state index in [4.69, 9.17) is 22.1 Å². The zero-order valence-electron chi connectivity index (χ0n) is 13.6. The normalized spacial score (nSPS) is 10.3. The van der Waals surface area contributed by atoms with E-state index in [9.17, 15) is 9.59 Å². The Hall–Kier alpha value is -2.53. The van der Waals surface area contributed by atoms with Crippen LogP contribution < -0.4 is 5.73 Å². The van der Waals surface area contributed by atoms with Gasteiger partial charge in [-0.3, -0.25) is 4.79 Å². The van der Waals surface area contributed by atoms with Crippen LogP contribution in [-0.4, -0.2) is 30.4 Å². The molecule has 0 unspecified atom stereocenters. The molecule has 2 rings (SSSR count).